The molecule has 2 N–H and O–H groups in total. The van der Waals surface area contributed by atoms with Crippen LogP contribution in [0, 0.1) is 0 Å². The summed E-state index contributed by atoms with van der Waals surface area (Å²) in [7, 11) is 0. The van der Waals surface area contributed by atoms with Gasteiger partial charge in [0.15, 0.2) is 11.5 Å². The maximum absolute atomic E-state index is 9.32. The van der Waals surface area contributed by atoms with Crippen LogP contribution in [0.5, 0.6) is 11.5 Å². The van der Waals surface area contributed by atoms with Crippen LogP contribution in [0.1, 0.15) is 0 Å². The maximum Gasteiger partial charge on any atom is 0.181 e. The lowest BCUT2D eigenvalue weighted by atomic mass is 10.3. The number of rotatable bonds is 1. The minimum Gasteiger partial charge on any atom is -0.504 e. The topological polar surface area (TPSA) is 43.5 Å². The van der Waals surface area contributed by atoms with Crippen LogP contribution in [0.25, 0.3) is 0 Å². The molecule has 1 heterocycles. The summed E-state index contributed by atoms with van der Waals surface area (Å²) in [6.07, 6.45) is 0. The van der Waals surface area contributed by atoms with Gasteiger partial charge in [-0.2, -0.15) is 0 Å². The van der Waals surface area contributed by atoms with Crippen LogP contribution in [0.4, 0.5) is 5.69 Å². The summed E-state index contributed by atoms with van der Waals surface area (Å²) in [6.45, 7) is 1.94. The molecule has 0 aromatic heterocycles. The molecule has 1 aliphatic rings. The van der Waals surface area contributed by atoms with Gasteiger partial charge in [-0.25, -0.2) is 0 Å². The number of phenols is 2. The molecule has 0 aliphatic carbocycles. The van der Waals surface area contributed by atoms with Crippen molar-refractivity contribution in [3.8, 4) is 11.5 Å². The van der Waals surface area contributed by atoms with E-state index < -0.39 is 0 Å². The highest BCUT2D eigenvalue weighted by molar-refractivity contribution is 5.66. The maximum atomic E-state index is 9.32. The van der Waals surface area contributed by atoms with Gasteiger partial charge in [-0.15, -0.1) is 0 Å². The van der Waals surface area contributed by atoms with Gasteiger partial charge >= 0.3 is 0 Å². The van der Waals surface area contributed by atoms with Crippen LogP contribution in [-0.4, -0.2) is 23.3 Å². The van der Waals surface area contributed by atoms with Gasteiger partial charge in [-0.05, 0) is 12.1 Å². The predicted molar refractivity (Wildman–Crippen MR) is 42.0 cm³/mol. The molecule has 3 nitrogen and oxygen atoms in total. The zero-order valence-electron chi connectivity index (χ0n) is 5.99. The normalized spacial score (nSPS) is 15.1. The van der Waals surface area contributed by atoms with Gasteiger partial charge in [-0.3, -0.25) is 0 Å². The van der Waals surface area contributed by atoms with E-state index in [9.17, 15) is 5.11 Å². The molecule has 0 spiro atoms. The third kappa shape index (κ3) is 0.981. The summed E-state index contributed by atoms with van der Waals surface area (Å²) in [6, 6.07) is 4.99. The van der Waals surface area contributed by atoms with E-state index in [0.29, 0.717) is 0 Å². The van der Waals surface area contributed by atoms with E-state index in [-0.39, 0.29) is 11.5 Å². The average Bonchev–Trinajstić information content (AvgIpc) is 2.77. The monoisotopic (exact) mass is 151 g/mol. The third-order valence-corrected chi connectivity index (χ3v) is 1.78. The average molecular weight is 151 g/mol. The van der Waals surface area contributed by atoms with Gasteiger partial charge in [0.2, 0.25) is 0 Å². The first-order valence-corrected chi connectivity index (χ1v) is 3.55. The molecule has 1 aromatic carbocycles. The molecule has 11 heavy (non-hydrogen) atoms. The Morgan fingerprint density at radius 1 is 1.18 bits per heavy atom. The zero-order chi connectivity index (χ0) is 7.84. The van der Waals surface area contributed by atoms with Gasteiger partial charge in [0.05, 0.1) is 5.69 Å². The first kappa shape index (κ1) is 6.34. The van der Waals surface area contributed by atoms with Crippen LogP contribution < -0.4 is 4.90 Å². The number of hydrogen-bond acceptors (Lipinski definition) is 3. The van der Waals surface area contributed by atoms with Crippen LogP contribution in [0.3, 0.4) is 0 Å². The number of anilines is 1. The molecule has 0 bridgehead atoms. The molecule has 0 saturated carbocycles. The molecule has 3 heteroatoms. The van der Waals surface area contributed by atoms with E-state index in [4.69, 9.17) is 5.11 Å². The van der Waals surface area contributed by atoms with E-state index >= 15 is 0 Å². The molecule has 1 fully saturated rings. The van der Waals surface area contributed by atoms with Gasteiger partial charge < -0.3 is 15.1 Å². The second kappa shape index (κ2) is 2.05. The molecule has 0 radical (unpaired) electrons. The SMILES string of the molecule is Oc1cccc(N2CC2)c1O. The Bertz CT molecular complexity index is 281. The largest absolute Gasteiger partial charge is 0.504 e. The minimum absolute atomic E-state index is 0.00926. The van der Waals surface area contributed by atoms with Crippen LogP contribution in [0.2, 0.25) is 0 Å². The fourth-order valence-electron chi connectivity index (χ4n) is 1.07. The Kier molecular flexibility index (Phi) is 1.18. The highest BCUT2D eigenvalue weighted by atomic mass is 16.3. The predicted octanol–water partition coefficient (Wildman–Crippen LogP) is 0.918. The molecule has 0 unspecified atom stereocenters. The summed E-state index contributed by atoms with van der Waals surface area (Å²) >= 11 is 0. The number of para-hydroxylation sites is 1. The van der Waals surface area contributed by atoms with Crippen LogP contribution in [0.15, 0.2) is 18.2 Å². The lowest BCUT2D eigenvalue weighted by Crippen LogP contribution is -1.90. The number of hydrogen-bond donors (Lipinski definition) is 2. The first-order valence-electron chi connectivity index (χ1n) is 3.55. The number of nitrogens with zero attached hydrogens (tertiary/aromatic N) is 1. The van der Waals surface area contributed by atoms with Gasteiger partial charge in [0.1, 0.15) is 0 Å². The molecule has 0 amide bonds. The molecule has 1 saturated heterocycles. The highest BCUT2D eigenvalue weighted by Gasteiger charge is 2.21. The molecular weight excluding hydrogens is 142 g/mol. The van der Waals surface area contributed by atoms with E-state index in [1.54, 1.807) is 12.1 Å². The van der Waals surface area contributed by atoms with Crippen molar-refractivity contribution in [3.63, 3.8) is 0 Å². The van der Waals surface area contributed by atoms with Crippen LogP contribution in [-0.2, 0) is 0 Å². The minimum atomic E-state index is -0.0469. The van der Waals surface area contributed by atoms with E-state index in [2.05, 4.69) is 0 Å². The second-order valence-corrected chi connectivity index (χ2v) is 2.63. The van der Waals surface area contributed by atoms with Crippen molar-refractivity contribution >= 4 is 5.69 Å². The highest BCUT2D eigenvalue weighted by Crippen LogP contribution is 2.37. The third-order valence-electron chi connectivity index (χ3n) is 1.78. The van der Waals surface area contributed by atoms with Gasteiger partial charge in [-0.1, -0.05) is 6.07 Å². The molecule has 58 valence electrons. The molecule has 2 rings (SSSR count). The fraction of sp³-hybridized carbons (Fsp3) is 0.250. The van der Waals surface area contributed by atoms with Crippen molar-refractivity contribution < 1.29 is 10.2 Å². The number of phenolic OH excluding ortho intramolecular Hbond substituents is 2. The molecular formula is C8H9NO2. The zero-order valence-corrected chi connectivity index (χ0v) is 5.99. The number of aromatic hydroxyl groups is 2. The second-order valence-electron chi connectivity index (χ2n) is 2.63. The Hall–Kier alpha value is -1.38. The molecule has 0 atom stereocenters. The van der Waals surface area contributed by atoms with Crippen molar-refractivity contribution in [1.82, 2.24) is 0 Å². The smallest absolute Gasteiger partial charge is 0.181 e. The van der Waals surface area contributed by atoms with Gasteiger partial charge in [0, 0.05) is 13.1 Å². The first-order chi connectivity index (χ1) is 5.29. The summed E-state index contributed by atoms with van der Waals surface area (Å²) in [4.78, 5) is 1.98. The molecule has 1 aliphatic heterocycles. The Balaban J connectivity index is 2.45. The van der Waals surface area contributed by atoms with Gasteiger partial charge in [0.25, 0.3) is 0 Å². The summed E-state index contributed by atoms with van der Waals surface area (Å²) in [5.41, 5.74) is 0.727. The molecule has 1 aromatic rings. The van der Waals surface area contributed by atoms with Crippen LogP contribution >= 0.6 is 0 Å². The lowest BCUT2D eigenvalue weighted by molar-refractivity contribution is 0.405. The summed E-state index contributed by atoms with van der Waals surface area (Å²) in [5.74, 6) is -0.0561. The van der Waals surface area contributed by atoms with Crippen molar-refractivity contribution in [1.29, 1.82) is 0 Å². The lowest BCUT2D eigenvalue weighted by Gasteiger charge is -2.05. The Labute approximate surface area is 64.5 Å². The standard InChI is InChI=1S/C8H9NO2/c10-7-3-1-2-6(8(7)11)9-4-5-9/h1-3,10-11H,4-5H2. The number of benzene rings is 1. The van der Waals surface area contributed by atoms with Crippen molar-refractivity contribution in [3.05, 3.63) is 18.2 Å². The van der Waals surface area contributed by atoms with Crippen molar-refractivity contribution in [2.24, 2.45) is 0 Å². The van der Waals surface area contributed by atoms with Crippen molar-refractivity contribution in [2.45, 2.75) is 0 Å². The van der Waals surface area contributed by atoms with E-state index in [1.807, 2.05) is 4.90 Å². The summed E-state index contributed by atoms with van der Waals surface area (Å²) < 4.78 is 0. The van der Waals surface area contributed by atoms with Crippen molar-refractivity contribution in [2.75, 3.05) is 18.0 Å². The Morgan fingerprint density at radius 3 is 2.55 bits per heavy atom. The summed E-state index contributed by atoms with van der Waals surface area (Å²) in [5, 5.41) is 18.4. The van der Waals surface area contributed by atoms with E-state index in [0.717, 1.165) is 18.8 Å². The Morgan fingerprint density at radius 2 is 1.91 bits per heavy atom. The quantitative estimate of drug-likeness (QED) is 0.463. The van der Waals surface area contributed by atoms with E-state index in [1.165, 1.54) is 6.07 Å². The fourth-order valence-corrected chi connectivity index (χ4v) is 1.07.